The molecule has 1 saturated heterocycles. The van der Waals surface area contributed by atoms with Gasteiger partial charge in [0.2, 0.25) is 0 Å². The van der Waals surface area contributed by atoms with Gasteiger partial charge in [-0.2, -0.15) is 0 Å². The zero-order valence-corrected chi connectivity index (χ0v) is 20.2. The summed E-state index contributed by atoms with van der Waals surface area (Å²) in [4.78, 5) is 26.0. The molecular weight excluding hydrogens is 481 g/mol. The molecule has 2 aromatic carbocycles. The van der Waals surface area contributed by atoms with Gasteiger partial charge in [-0.25, -0.2) is 0 Å². The molecule has 8 heteroatoms. The van der Waals surface area contributed by atoms with E-state index in [1.807, 2.05) is 13.0 Å². The average Bonchev–Trinajstić information content (AvgIpc) is 3.02. The van der Waals surface area contributed by atoms with Crippen LogP contribution in [-0.2, 0) is 17.8 Å². The van der Waals surface area contributed by atoms with Crippen molar-refractivity contribution in [1.82, 2.24) is 4.90 Å². The molecule has 5 nitrogen and oxygen atoms in total. The van der Waals surface area contributed by atoms with Crippen LogP contribution in [0.25, 0.3) is 6.08 Å². The first-order valence-electron chi connectivity index (χ1n) is 10.0. The summed E-state index contributed by atoms with van der Waals surface area (Å²) in [6.07, 6.45) is 9.16. The van der Waals surface area contributed by atoms with Crippen molar-refractivity contribution < 1.29 is 19.1 Å². The zero-order valence-electron chi connectivity index (χ0n) is 17.9. The van der Waals surface area contributed by atoms with Gasteiger partial charge in [0.15, 0.2) is 11.5 Å². The second-order valence-electron chi connectivity index (χ2n) is 6.93. The molecule has 0 saturated carbocycles. The third-order valence-corrected chi connectivity index (χ3v) is 6.12. The van der Waals surface area contributed by atoms with Gasteiger partial charge in [-0.1, -0.05) is 41.3 Å². The van der Waals surface area contributed by atoms with Gasteiger partial charge in [-0.05, 0) is 61.0 Å². The minimum Gasteiger partial charge on any atom is -0.490 e. The second kappa shape index (κ2) is 11.3. The molecule has 170 valence electrons. The van der Waals surface area contributed by atoms with Crippen molar-refractivity contribution >= 4 is 52.2 Å². The number of amides is 2. The molecule has 1 aliphatic heterocycles. The summed E-state index contributed by atoms with van der Waals surface area (Å²) < 4.78 is 12.0. The van der Waals surface area contributed by atoms with E-state index in [0.717, 1.165) is 27.8 Å². The first kappa shape index (κ1) is 24.8. The smallest absolute Gasteiger partial charge is 0.294 e. The fourth-order valence-corrected chi connectivity index (χ4v) is 4.47. The van der Waals surface area contributed by atoms with Gasteiger partial charge in [0.1, 0.15) is 6.61 Å². The van der Waals surface area contributed by atoms with Gasteiger partial charge < -0.3 is 9.47 Å². The van der Waals surface area contributed by atoms with Crippen molar-refractivity contribution in [3.8, 4) is 23.8 Å². The molecule has 0 spiro atoms. The Hall–Kier alpha value is -2.85. The molecular formula is C25H21Cl2NO4S. The van der Waals surface area contributed by atoms with E-state index in [1.165, 1.54) is 0 Å². The Morgan fingerprint density at radius 2 is 1.97 bits per heavy atom. The molecule has 2 amide bonds. The maximum Gasteiger partial charge on any atom is 0.294 e. The number of hydrogen-bond donors (Lipinski definition) is 0. The molecule has 1 fully saturated rings. The molecule has 0 N–H and O–H groups in total. The number of carbonyl (C=O) groups excluding carboxylic acids is 2. The molecule has 0 atom stereocenters. The summed E-state index contributed by atoms with van der Waals surface area (Å²) in [5.41, 5.74) is 2.29. The molecule has 0 unspecified atom stereocenters. The predicted molar refractivity (Wildman–Crippen MR) is 134 cm³/mol. The lowest BCUT2D eigenvalue weighted by molar-refractivity contribution is -0.122. The van der Waals surface area contributed by atoms with Crippen molar-refractivity contribution in [1.29, 1.82) is 0 Å². The average molecular weight is 502 g/mol. The van der Waals surface area contributed by atoms with Gasteiger partial charge >= 0.3 is 0 Å². The monoisotopic (exact) mass is 501 g/mol. The van der Waals surface area contributed by atoms with Crippen molar-refractivity contribution in [2.75, 3.05) is 13.2 Å². The molecule has 0 radical (unpaired) electrons. The van der Waals surface area contributed by atoms with Crippen molar-refractivity contribution in [3.05, 3.63) is 74.6 Å². The third-order valence-electron chi connectivity index (χ3n) is 4.63. The lowest BCUT2D eigenvalue weighted by Crippen LogP contribution is -2.28. The van der Waals surface area contributed by atoms with Crippen LogP contribution in [0.15, 0.2) is 47.9 Å². The predicted octanol–water partition coefficient (Wildman–Crippen LogP) is 6.37. The summed E-state index contributed by atoms with van der Waals surface area (Å²) in [5, 5.41) is 0.660. The molecule has 1 aliphatic rings. The highest BCUT2D eigenvalue weighted by atomic mass is 35.5. The minimum absolute atomic E-state index is 0.0616. The summed E-state index contributed by atoms with van der Waals surface area (Å²) >= 11 is 13.1. The minimum atomic E-state index is -0.413. The molecule has 0 bridgehead atoms. The van der Waals surface area contributed by atoms with Crippen LogP contribution in [0.2, 0.25) is 10.0 Å². The number of carbonyl (C=O) groups is 2. The topological polar surface area (TPSA) is 55.8 Å². The summed E-state index contributed by atoms with van der Waals surface area (Å²) in [6.45, 7) is 6.25. The lowest BCUT2D eigenvalue weighted by atomic mass is 10.0. The van der Waals surface area contributed by atoms with E-state index in [-0.39, 0.29) is 18.4 Å². The van der Waals surface area contributed by atoms with Crippen LogP contribution < -0.4 is 9.47 Å². The van der Waals surface area contributed by atoms with E-state index < -0.39 is 5.91 Å². The van der Waals surface area contributed by atoms with Gasteiger partial charge in [-0.3, -0.25) is 14.5 Å². The van der Waals surface area contributed by atoms with Gasteiger partial charge in [0, 0.05) is 21.2 Å². The van der Waals surface area contributed by atoms with E-state index in [9.17, 15) is 9.59 Å². The molecule has 2 aromatic rings. The molecule has 33 heavy (non-hydrogen) atoms. The van der Waals surface area contributed by atoms with Crippen molar-refractivity contribution in [2.45, 2.75) is 20.0 Å². The number of ether oxygens (including phenoxy) is 2. The summed E-state index contributed by atoms with van der Waals surface area (Å²) in [7, 11) is 0. The van der Waals surface area contributed by atoms with E-state index in [2.05, 4.69) is 12.5 Å². The Labute approximate surface area is 207 Å². The highest BCUT2D eigenvalue weighted by Gasteiger charge is 2.34. The number of halogens is 2. The fraction of sp³-hybridized carbons (Fsp3) is 0.200. The molecule has 3 rings (SSSR count). The summed E-state index contributed by atoms with van der Waals surface area (Å²) in [6, 6.07) is 8.85. The third kappa shape index (κ3) is 5.94. The van der Waals surface area contributed by atoms with Crippen LogP contribution in [0.4, 0.5) is 4.79 Å². The Morgan fingerprint density at radius 1 is 1.18 bits per heavy atom. The van der Waals surface area contributed by atoms with Crippen LogP contribution in [-0.4, -0.2) is 29.2 Å². The number of imide groups is 1. The summed E-state index contributed by atoms with van der Waals surface area (Å²) in [5.74, 6) is 2.98. The Morgan fingerprint density at radius 3 is 2.64 bits per heavy atom. The SMILES string of the molecule is C#CCN1C(=O)S/C(=C\c2cc(CC=C)c(OCc3ccc(Cl)cc3Cl)c(OCC)c2)C1=O. The molecule has 1 heterocycles. The van der Waals surface area contributed by atoms with Gasteiger partial charge in [0.25, 0.3) is 11.1 Å². The number of terminal acetylenes is 1. The number of benzene rings is 2. The quantitative estimate of drug-likeness (QED) is 0.227. The zero-order chi connectivity index (χ0) is 24.0. The number of thioether (sulfide) groups is 1. The fourth-order valence-electron chi connectivity index (χ4n) is 3.17. The van der Waals surface area contributed by atoms with E-state index >= 15 is 0 Å². The van der Waals surface area contributed by atoms with Crippen LogP contribution in [0.1, 0.15) is 23.6 Å². The molecule has 0 aromatic heterocycles. The van der Waals surface area contributed by atoms with Gasteiger partial charge in [0.05, 0.1) is 18.1 Å². The first-order chi connectivity index (χ1) is 15.9. The van der Waals surface area contributed by atoms with Crippen LogP contribution in [0.5, 0.6) is 11.5 Å². The highest BCUT2D eigenvalue weighted by Crippen LogP contribution is 2.38. The maximum absolute atomic E-state index is 12.5. The number of nitrogens with zero attached hydrogens (tertiary/aromatic N) is 1. The van der Waals surface area contributed by atoms with E-state index in [4.69, 9.17) is 39.1 Å². The van der Waals surface area contributed by atoms with Crippen molar-refractivity contribution in [2.24, 2.45) is 0 Å². The largest absolute Gasteiger partial charge is 0.490 e. The Kier molecular flexibility index (Phi) is 8.51. The molecule has 0 aliphatic carbocycles. The van der Waals surface area contributed by atoms with Crippen molar-refractivity contribution in [3.63, 3.8) is 0 Å². The van der Waals surface area contributed by atoms with Crippen LogP contribution in [0.3, 0.4) is 0 Å². The number of rotatable bonds is 9. The standard InChI is InChI=1S/C25H21Cl2NO4S/c1-4-7-17-11-16(13-22-24(29)28(10-5-2)25(30)33-22)12-21(31-6-3)23(17)32-15-18-8-9-19(26)14-20(18)27/h2,4,8-9,11-14H,1,6-7,10,15H2,3H3/b22-13-. The Bertz CT molecular complexity index is 1170. The Balaban J connectivity index is 1.96. The number of hydrogen-bond acceptors (Lipinski definition) is 5. The first-order valence-corrected chi connectivity index (χ1v) is 11.6. The lowest BCUT2D eigenvalue weighted by Gasteiger charge is -2.17. The second-order valence-corrected chi connectivity index (χ2v) is 8.77. The highest BCUT2D eigenvalue weighted by molar-refractivity contribution is 8.18. The van der Waals surface area contributed by atoms with E-state index in [1.54, 1.807) is 36.4 Å². The van der Waals surface area contributed by atoms with Gasteiger partial charge in [-0.15, -0.1) is 13.0 Å². The normalized spacial score (nSPS) is 14.5. The van der Waals surface area contributed by atoms with Crippen LogP contribution in [0, 0.1) is 12.3 Å². The van der Waals surface area contributed by atoms with E-state index in [0.29, 0.717) is 45.0 Å². The maximum atomic E-state index is 12.5. The number of allylic oxidation sites excluding steroid dienone is 1. The van der Waals surface area contributed by atoms with Crippen LogP contribution >= 0.6 is 35.0 Å².